The Bertz CT molecular complexity index is 1110. The molecule has 0 atom stereocenters. The molecule has 1 aromatic carbocycles. The molecule has 4 aromatic rings. The van der Waals surface area contributed by atoms with Gasteiger partial charge in [0.25, 0.3) is 0 Å². The third kappa shape index (κ3) is 2.90. The van der Waals surface area contributed by atoms with Gasteiger partial charge in [-0.2, -0.15) is 0 Å². The fourth-order valence-corrected chi connectivity index (χ4v) is 3.82. The summed E-state index contributed by atoms with van der Waals surface area (Å²) in [5.41, 5.74) is 7.76. The Kier molecular flexibility index (Phi) is 3.87. The summed E-state index contributed by atoms with van der Waals surface area (Å²) in [7, 11) is 0. The monoisotopic (exact) mass is 342 g/mol. The van der Waals surface area contributed by atoms with Gasteiger partial charge in [0, 0.05) is 34.9 Å². The van der Waals surface area contributed by atoms with Gasteiger partial charge in [-0.15, -0.1) is 0 Å². The fraction of sp³-hybridized carbons (Fsp3) is 0.292. The van der Waals surface area contributed by atoms with Crippen LogP contribution in [0.3, 0.4) is 0 Å². The summed E-state index contributed by atoms with van der Waals surface area (Å²) >= 11 is 0. The Morgan fingerprint density at radius 2 is 1.81 bits per heavy atom. The predicted octanol–water partition coefficient (Wildman–Crippen LogP) is 6.36. The first-order chi connectivity index (χ1) is 12.3. The highest BCUT2D eigenvalue weighted by Crippen LogP contribution is 2.34. The second kappa shape index (κ2) is 5.98. The van der Waals surface area contributed by atoms with Crippen LogP contribution in [0.1, 0.15) is 37.5 Å². The molecule has 0 N–H and O–H groups in total. The molecule has 2 nitrogen and oxygen atoms in total. The van der Waals surface area contributed by atoms with E-state index in [0.717, 1.165) is 12.1 Å². The van der Waals surface area contributed by atoms with Gasteiger partial charge in [0.15, 0.2) is 0 Å². The van der Waals surface area contributed by atoms with E-state index in [1.165, 1.54) is 38.5 Å². The zero-order chi connectivity index (χ0) is 18.5. The smallest absolute Gasteiger partial charge is 0.0711 e. The first-order valence-electron chi connectivity index (χ1n) is 9.28. The average Bonchev–Trinajstić information content (AvgIpc) is 2.96. The lowest BCUT2D eigenvalue weighted by molar-refractivity contribution is 0.410. The van der Waals surface area contributed by atoms with Crippen molar-refractivity contribution in [3.05, 3.63) is 71.7 Å². The number of aromatic nitrogens is 2. The standard InChI is InChI=1S/C24H26N2/c1-16-9-10-19(20-15-26-11-7-6-8-22(26)23(16)20)21-12-18(13-24(3,4)5)17(2)14-25-21/h6-12,14-15H,13H2,1-5H3. The van der Waals surface area contributed by atoms with Crippen LogP contribution < -0.4 is 0 Å². The molecule has 0 saturated heterocycles. The quantitative estimate of drug-likeness (QED) is 0.414. The molecule has 3 aromatic heterocycles. The van der Waals surface area contributed by atoms with Crippen LogP contribution in [-0.4, -0.2) is 9.38 Å². The van der Waals surface area contributed by atoms with Gasteiger partial charge in [-0.1, -0.05) is 39.0 Å². The zero-order valence-corrected chi connectivity index (χ0v) is 16.3. The molecule has 0 bridgehead atoms. The third-order valence-electron chi connectivity index (χ3n) is 5.08. The molecule has 4 rings (SSSR count). The van der Waals surface area contributed by atoms with Crippen LogP contribution >= 0.6 is 0 Å². The lowest BCUT2D eigenvalue weighted by atomic mass is 9.86. The van der Waals surface area contributed by atoms with Gasteiger partial charge in [0.1, 0.15) is 0 Å². The maximum absolute atomic E-state index is 4.78. The van der Waals surface area contributed by atoms with Crippen LogP contribution in [0.4, 0.5) is 0 Å². The first kappa shape index (κ1) is 16.8. The van der Waals surface area contributed by atoms with Gasteiger partial charge in [0.2, 0.25) is 0 Å². The largest absolute Gasteiger partial charge is 0.323 e. The number of aryl methyl sites for hydroxylation is 2. The van der Waals surface area contributed by atoms with Gasteiger partial charge < -0.3 is 4.40 Å². The van der Waals surface area contributed by atoms with Crippen molar-refractivity contribution < 1.29 is 0 Å². The molecule has 0 saturated carbocycles. The minimum absolute atomic E-state index is 0.261. The molecule has 3 heterocycles. The predicted molar refractivity (Wildman–Crippen MR) is 111 cm³/mol. The Balaban J connectivity index is 1.95. The van der Waals surface area contributed by atoms with Crippen molar-refractivity contribution >= 4 is 16.3 Å². The third-order valence-corrected chi connectivity index (χ3v) is 5.08. The van der Waals surface area contributed by atoms with E-state index in [-0.39, 0.29) is 5.41 Å². The molecule has 0 aliphatic rings. The number of rotatable bonds is 2. The van der Waals surface area contributed by atoms with Crippen molar-refractivity contribution in [2.45, 2.75) is 41.0 Å². The van der Waals surface area contributed by atoms with Crippen LogP contribution in [0.25, 0.3) is 27.5 Å². The minimum atomic E-state index is 0.261. The van der Waals surface area contributed by atoms with Crippen LogP contribution in [0.2, 0.25) is 0 Å². The lowest BCUT2D eigenvalue weighted by Crippen LogP contribution is -2.10. The highest BCUT2D eigenvalue weighted by Gasteiger charge is 2.16. The molecular formula is C24H26N2. The highest BCUT2D eigenvalue weighted by molar-refractivity contribution is 6.06. The van der Waals surface area contributed by atoms with Gasteiger partial charge in [0.05, 0.1) is 11.2 Å². The molecule has 0 amide bonds. The topological polar surface area (TPSA) is 17.3 Å². The van der Waals surface area contributed by atoms with Crippen molar-refractivity contribution in [1.29, 1.82) is 0 Å². The molecule has 0 unspecified atom stereocenters. The zero-order valence-electron chi connectivity index (χ0n) is 16.3. The molecule has 0 spiro atoms. The van der Waals surface area contributed by atoms with Crippen molar-refractivity contribution in [2.24, 2.45) is 5.41 Å². The second-order valence-electron chi connectivity index (χ2n) is 8.57. The number of hydrogen-bond donors (Lipinski definition) is 0. The SMILES string of the molecule is Cc1cnc(-c2ccc(C)c3c2cn2ccccc32)cc1CC(C)(C)C. The maximum atomic E-state index is 4.78. The Morgan fingerprint density at radius 1 is 1.00 bits per heavy atom. The first-order valence-corrected chi connectivity index (χ1v) is 9.28. The van der Waals surface area contributed by atoms with E-state index in [1.54, 1.807) is 0 Å². The molecule has 0 aliphatic heterocycles. The van der Waals surface area contributed by atoms with Crippen molar-refractivity contribution in [3.8, 4) is 11.3 Å². The van der Waals surface area contributed by atoms with E-state index in [2.05, 4.69) is 87.8 Å². The normalized spacial score (nSPS) is 12.2. The molecule has 0 aliphatic carbocycles. The van der Waals surface area contributed by atoms with E-state index in [1.807, 2.05) is 6.20 Å². The summed E-state index contributed by atoms with van der Waals surface area (Å²) in [4.78, 5) is 4.78. The summed E-state index contributed by atoms with van der Waals surface area (Å²) in [5, 5.41) is 2.59. The fourth-order valence-electron chi connectivity index (χ4n) is 3.82. The summed E-state index contributed by atoms with van der Waals surface area (Å²) < 4.78 is 2.21. The van der Waals surface area contributed by atoms with E-state index >= 15 is 0 Å². The van der Waals surface area contributed by atoms with E-state index < -0.39 is 0 Å². The summed E-state index contributed by atoms with van der Waals surface area (Å²) in [6.45, 7) is 11.2. The van der Waals surface area contributed by atoms with Gasteiger partial charge in [-0.05, 0) is 60.6 Å². The maximum Gasteiger partial charge on any atom is 0.0711 e. The average molecular weight is 342 g/mol. The van der Waals surface area contributed by atoms with Gasteiger partial charge in [-0.3, -0.25) is 4.98 Å². The van der Waals surface area contributed by atoms with E-state index in [4.69, 9.17) is 4.98 Å². The number of pyridine rings is 2. The van der Waals surface area contributed by atoms with Gasteiger partial charge >= 0.3 is 0 Å². The van der Waals surface area contributed by atoms with Crippen LogP contribution in [0, 0.1) is 19.3 Å². The molecule has 26 heavy (non-hydrogen) atoms. The summed E-state index contributed by atoms with van der Waals surface area (Å²) in [6.07, 6.45) is 7.43. The summed E-state index contributed by atoms with van der Waals surface area (Å²) in [5.74, 6) is 0. The van der Waals surface area contributed by atoms with Crippen molar-refractivity contribution in [3.63, 3.8) is 0 Å². The molecule has 132 valence electrons. The van der Waals surface area contributed by atoms with Crippen LogP contribution in [-0.2, 0) is 6.42 Å². The van der Waals surface area contributed by atoms with Crippen molar-refractivity contribution in [2.75, 3.05) is 0 Å². The number of hydrogen-bond acceptors (Lipinski definition) is 1. The van der Waals surface area contributed by atoms with Crippen molar-refractivity contribution in [1.82, 2.24) is 9.38 Å². The number of benzene rings is 1. The molecule has 0 fully saturated rings. The van der Waals surface area contributed by atoms with Gasteiger partial charge in [-0.25, -0.2) is 0 Å². The molecule has 0 radical (unpaired) electrons. The number of nitrogens with zero attached hydrogens (tertiary/aromatic N) is 2. The molecular weight excluding hydrogens is 316 g/mol. The van der Waals surface area contributed by atoms with E-state index in [9.17, 15) is 0 Å². The minimum Gasteiger partial charge on any atom is -0.323 e. The Morgan fingerprint density at radius 3 is 2.58 bits per heavy atom. The Labute approximate surface area is 155 Å². The molecule has 2 heteroatoms. The lowest BCUT2D eigenvalue weighted by Gasteiger charge is -2.20. The van der Waals surface area contributed by atoms with Crippen LogP contribution in [0.5, 0.6) is 0 Å². The Hall–Kier alpha value is -2.61. The summed E-state index contributed by atoms with van der Waals surface area (Å²) in [6, 6.07) is 13.1. The van der Waals surface area contributed by atoms with Crippen LogP contribution in [0.15, 0.2) is 55.0 Å². The number of fused-ring (bicyclic) bond motifs is 3. The van der Waals surface area contributed by atoms with E-state index in [0.29, 0.717) is 0 Å². The highest BCUT2D eigenvalue weighted by atomic mass is 14.9. The second-order valence-corrected chi connectivity index (χ2v) is 8.57.